The predicted octanol–water partition coefficient (Wildman–Crippen LogP) is 1.16. The largest absolute Gasteiger partial charge is 0.366 e. The molecule has 4 heteroatoms. The molecular weight excluding hydrogens is 180 g/mol. The van der Waals surface area contributed by atoms with E-state index in [1.165, 1.54) is 0 Å². The van der Waals surface area contributed by atoms with E-state index in [1.54, 1.807) is 0 Å². The van der Waals surface area contributed by atoms with Crippen molar-refractivity contribution < 1.29 is 4.79 Å². The maximum atomic E-state index is 11.5. The van der Waals surface area contributed by atoms with Crippen LogP contribution in [0, 0.1) is 0 Å². The molecule has 0 unspecified atom stereocenters. The molecule has 1 aliphatic rings. The molecule has 1 fully saturated rings. The van der Waals surface area contributed by atoms with Crippen LogP contribution in [0.3, 0.4) is 0 Å². The highest BCUT2D eigenvalue weighted by molar-refractivity contribution is 6.80. The highest BCUT2D eigenvalue weighted by Crippen LogP contribution is 2.40. The first-order chi connectivity index (χ1) is 5.68. The molecule has 1 aliphatic heterocycles. The molecule has 0 spiro atoms. The summed E-state index contributed by atoms with van der Waals surface area (Å²) in [6.45, 7) is 11.8. The molecule has 13 heavy (non-hydrogen) atoms. The fourth-order valence-electron chi connectivity index (χ4n) is 1.36. The minimum Gasteiger partial charge on any atom is -0.366 e. The molecular formula is C9H20N2OSi. The lowest BCUT2D eigenvalue weighted by Gasteiger charge is -2.52. The smallest absolute Gasteiger partial charge is 0.233 e. The van der Waals surface area contributed by atoms with E-state index in [9.17, 15) is 4.79 Å². The third kappa shape index (κ3) is 1.53. The zero-order chi connectivity index (χ0) is 10.4. The van der Waals surface area contributed by atoms with Gasteiger partial charge in [-0.2, -0.15) is 0 Å². The average Bonchev–Trinajstić information content (AvgIpc) is 1.97. The van der Waals surface area contributed by atoms with E-state index in [0.29, 0.717) is 0 Å². The zero-order valence-corrected chi connectivity index (χ0v) is 10.2. The number of nitrogens with zero attached hydrogens (tertiary/aromatic N) is 1. The normalized spacial score (nSPS) is 24.6. The van der Waals surface area contributed by atoms with Gasteiger partial charge in [-0.1, -0.05) is 33.9 Å². The van der Waals surface area contributed by atoms with Crippen LogP contribution in [0.1, 0.15) is 20.8 Å². The fraction of sp³-hybridized carbons (Fsp3) is 0.889. The number of β-lactam (4-membered cyclic amide) rings is 1. The highest BCUT2D eigenvalue weighted by Gasteiger charge is 2.49. The number of carbonyl (C=O) groups excluding carboxylic acids is 1. The van der Waals surface area contributed by atoms with Crippen molar-refractivity contribution in [3.05, 3.63) is 0 Å². The quantitative estimate of drug-likeness (QED) is 0.510. The Balaban J connectivity index is 2.78. The van der Waals surface area contributed by atoms with E-state index >= 15 is 0 Å². The van der Waals surface area contributed by atoms with E-state index in [1.807, 2.05) is 4.57 Å². The molecule has 2 N–H and O–H groups in total. The lowest BCUT2D eigenvalue weighted by molar-refractivity contribution is -0.136. The molecule has 0 aromatic carbocycles. The van der Waals surface area contributed by atoms with Crippen molar-refractivity contribution in [2.45, 2.75) is 44.9 Å². The van der Waals surface area contributed by atoms with Crippen LogP contribution in [-0.4, -0.2) is 31.3 Å². The number of carbonyl (C=O) groups is 1. The first kappa shape index (κ1) is 10.7. The van der Waals surface area contributed by atoms with Gasteiger partial charge in [0.05, 0.1) is 0 Å². The molecule has 0 aromatic rings. The van der Waals surface area contributed by atoms with E-state index in [4.69, 9.17) is 5.73 Å². The Morgan fingerprint density at radius 3 is 2.15 bits per heavy atom. The number of nitrogens with two attached hydrogens (primary N) is 1. The Morgan fingerprint density at radius 2 is 1.92 bits per heavy atom. The van der Waals surface area contributed by atoms with E-state index in [2.05, 4.69) is 33.9 Å². The van der Waals surface area contributed by atoms with Crippen molar-refractivity contribution in [1.82, 2.24) is 4.57 Å². The molecule has 1 rings (SSSR count). The zero-order valence-electron chi connectivity index (χ0n) is 9.22. The Kier molecular flexibility index (Phi) is 2.32. The molecule has 1 saturated heterocycles. The summed E-state index contributed by atoms with van der Waals surface area (Å²) >= 11 is 0. The van der Waals surface area contributed by atoms with Crippen molar-refractivity contribution in [1.29, 1.82) is 0 Å². The summed E-state index contributed by atoms with van der Waals surface area (Å²) in [5.74, 6) is 0.145. The van der Waals surface area contributed by atoms with Crippen LogP contribution in [0.2, 0.25) is 18.1 Å². The number of rotatable bonds is 1. The Bertz CT molecular complexity index is 232. The van der Waals surface area contributed by atoms with Gasteiger partial charge in [0, 0.05) is 6.54 Å². The fourth-order valence-corrected chi connectivity index (χ4v) is 3.54. The van der Waals surface area contributed by atoms with Gasteiger partial charge in [-0.15, -0.1) is 0 Å². The molecule has 1 atom stereocenters. The van der Waals surface area contributed by atoms with Crippen molar-refractivity contribution in [2.75, 3.05) is 6.54 Å². The molecule has 76 valence electrons. The van der Waals surface area contributed by atoms with Gasteiger partial charge in [0.1, 0.15) is 6.04 Å². The Hall–Kier alpha value is -0.353. The van der Waals surface area contributed by atoms with Gasteiger partial charge < -0.3 is 10.3 Å². The second-order valence-corrected chi connectivity index (χ2v) is 10.5. The standard InChI is InChI=1S/C9H20N2OSi/c1-9(2,3)13(4,5)11-6-7(10)8(11)12/h7H,6,10H2,1-5H3/t7-/m0/s1. The van der Waals surface area contributed by atoms with Gasteiger partial charge >= 0.3 is 0 Å². The maximum Gasteiger partial charge on any atom is 0.233 e. The van der Waals surface area contributed by atoms with Gasteiger partial charge in [-0.3, -0.25) is 4.79 Å². The summed E-state index contributed by atoms with van der Waals surface area (Å²) in [5, 5.41) is 0.225. The first-order valence-electron chi connectivity index (χ1n) is 4.75. The summed E-state index contributed by atoms with van der Waals surface area (Å²) in [6, 6.07) is -0.228. The molecule has 0 saturated carbocycles. The van der Waals surface area contributed by atoms with Gasteiger partial charge in [0.2, 0.25) is 5.91 Å². The summed E-state index contributed by atoms with van der Waals surface area (Å²) < 4.78 is 2.01. The summed E-state index contributed by atoms with van der Waals surface area (Å²) in [6.07, 6.45) is 0. The third-order valence-electron chi connectivity index (χ3n) is 3.47. The molecule has 0 radical (unpaired) electrons. The third-order valence-corrected chi connectivity index (χ3v) is 8.90. The van der Waals surface area contributed by atoms with E-state index in [-0.39, 0.29) is 17.0 Å². The minimum atomic E-state index is -1.62. The van der Waals surface area contributed by atoms with Crippen LogP contribution >= 0.6 is 0 Å². The van der Waals surface area contributed by atoms with Gasteiger partial charge in [-0.05, 0) is 5.04 Å². The number of hydrogen-bond donors (Lipinski definition) is 1. The van der Waals surface area contributed by atoms with Crippen LogP contribution in [0.15, 0.2) is 0 Å². The lowest BCUT2D eigenvalue weighted by atomic mass is 10.2. The summed E-state index contributed by atoms with van der Waals surface area (Å²) in [5.41, 5.74) is 5.58. The van der Waals surface area contributed by atoms with Crippen LogP contribution < -0.4 is 5.73 Å². The first-order valence-corrected chi connectivity index (χ1v) is 7.70. The topological polar surface area (TPSA) is 46.3 Å². The van der Waals surface area contributed by atoms with Gasteiger partial charge in [0.25, 0.3) is 0 Å². The monoisotopic (exact) mass is 200 g/mol. The minimum absolute atomic E-state index is 0.145. The second-order valence-electron chi connectivity index (χ2n) is 5.36. The van der Waals surface area contributed by atoms with Crippen LogP contribution in [0.4, 0.5) is 0 Å². The second kappa shape index (κ2) is 2.82. The van der Waals surface area contributed by atoms with Crippen LogP contribution in [0.25, 0.3) is 0 Å². The van der Waals surface area contributed by atoms with Crippen molar-refractivity contribution in [3.8, 4) is 0 Å². The van der Waals surface area contributed by atoms with E-state index < -0.39 is 8.24 Å². The predicted molar refractivity (Wildman–Crippen MR) is 56.9 cm³/mol. The average molecular weight is 200 g/mol. The van der Waals surface area contributed by atoms with Crippen LogP contribution in [0.5, 0.6) is 0 Å². The number of hydrogen-bond acceptors (Lipinski definition) is 2. The molecule has 0 bridgehead atoms. The van der Waals surface area contributed by atoms with Crippen molar-refractivity contribution >= 4 is 14.1 Å². The summed E-state index contributed by atoms with van der Waals surface area (Å²) in [7, 11) is -1.62. The SMILES string of the molecule is CC(C)(C)[Si](C)(C)N1C[C@H](N)C1=O. The Morgan fingerprint density at radius 1 is 1.46 bits per heavy atom. The lowest BCUT2D eigenvalue weighted by Crippen LogP contribution is -2.71. The molecule has 0 aromatic heterocycles. The van der Waals surface area contributed by atoms with Crippen molar-refractivity contribution in [3.63, 3.8) is 0 Å². The van der Waals surface area contributed by atoms with Crippen molar-refractivity contribution in [2.24, 2.45) is 5.73 Å². The summed E-state index contributed by atoms with van der Waals surface area (Å²) in [4.78, 5) is 11.5. The molecule has 1 amide bonds. The molecule has 3 nitrogen and oxygen atoms in total. The Labute approximate surface area is 81.4 Å². The van der Waals surface area contributed by atoms with Crippen LogP contribution in [-0.2, 0) is 4.79 Å². The molecule has 1 heterocycles. The van der Waals surface area contributed by atoms with Gasteiger partial charge in [0.15, 0.2) is 8.24 Å². The van der Waals surface area contributed by atoms with E-state index in [0.717, 1.165) is 6.54 Å². The maximum absolute atomic E-state index is 11.5. The van der Waals surface area contributed by atoms with Gasteiger partial charge in [-0.25, -0.2) is 0 Å². The highest BCUT2D eigenvalue weighted by atomic mass is 28.3. The number of amides is 1. The molecule has 0 aliphatic carbocycles.